The molecule has 1 N–H and O–H groups in total. The molecule has 0 fully saturated rings. The first kappa shape index (κ1) is 18.7. The summed E-state index contributed by atoms with van der Waals surface area (Å²) in [5.41, 5.74) is 0. The molecule has 0 bridgehead atoms. The van der Waals surface area contributed by atoms with E-state index in [1.165, 1.54) is 55.5 Å². The van der Waals surface area contributed by atoms with Gasteiger partial charge in [-0.05, 0) is 0 Å². The average Bonchev–Trinajstić information content (AvgIpc) is 2.55. The van der Waals surface area contributed by atoms with Crippen LogP contribution in [0, 0.1) is 0 Å². The molecule has 0 aliphatic heterocycles. The zero-order valence-electron chi connectivity index (χ0n) is 14.4. The molecule has 0 spiro atoms. The standard InChI is InChI=1S/C5H6N3.3C4H9.Sn/c1-6-5-4-7-2-3-8-5;3*1-3-4-2;/h3-4H,1H3,(H,6,8);3*1,3-4H2,2H3;. The Bertz CT molecular complexity index is 356. The van der Waals surface area contributed by atoms with Crippen LogP contribution in [0.4, 0.5) is 5.82 Å². The van der Waals surface area contributed by atoms with E-state index < -0.39 is 18.4 Å². The molecule has 3 nitrogen and oxygen atoms in total. The van der Waals surface area contributed by atoms with E-state index in [2.05, 4.69) is 37.3 Å². The Morgan fingerprint density at radius 1 is 0.857 bits per heavy atom. The summed E-state index contributed by atoms with van der Waals surface area (Å²) in [6.07, 6.45) is 12.1. The number of nitrogens with zero attached hydrogens (tertiary/aromatic N) is 2. The summed E-state index contributed by atoms with van der Waals surface area (Å²) in [6.45, 7) is 6.93. The predicted octanol–water partition coefficient (Wildman–Crippen LogP) is 4.57. The molecular weight excluding hydrogens is 365 g/mol. The Balaban J connectivity index is 3.02. The molecule has 21 heavy (non-hydrogen) atoms. The van der Waals surface area contributed by atoms with Crippen LogP contribution in [0.2, 0.25) is 13.3 Å². The molecule has 0 saturated heterocycles. The first-order valence-corrected chi connectivity index (χ1v) is 16.2. The monoisotopic (exact) mass is 399 g/mol. The van der Waals surface area contributed by atoms with Gasteiger partial charge in [0.15, 0.2) is 0 Å². The molecule has 0 radical (unpaired) electrons. The van der Waals surface area contributed by atoms with Gasteiger partial charge in [-0.15, -0.1) is 0 Å². The van der Waals surface area contributed by atoms with Crippen LogP contribution in [0.5, 0.6) is 0 Å². The van der Waals surface area contributed by atoms with Crippen LogP contribution >= 0.6 is 0 Å². The third-order valence-electron chi connectivity index (χ3n) is 4.48. The van der Waals surface area contributed by atoms with Crippen molar-refractivity contribution >= 4 is 27.9 Å². The fraction of sp³-hybridized carbons (Fsp3) is 0.765. The van der Waals surface area contributed by atoms with E-state index in [1.807, 2.05) is 13.2 Å². The zero-order valence-corrected chi connectivity index (χ0v) is 17.3. The van der Waals surface area contributed by atoms with Gasteiger partial charge < -0.3 is 0 Å². The van der Waals surface area contributed by atoms with Crippen LogP contribution in [0.3, 0.4) is 0 Å². The summed E-state index contributed by atoms with van der Waals surface area (Å²) in [5, 5.41) is 3.08. The van der Waals surface area contributed by atoms with Gasteiger partial charge in [0.1, 0.15) is 0 Å². The predicted molar refractivity (Wildman–Crippen MR) is 96.1 cm³/mol. The normalized spacial score (nSPS) is 11.6. The Labute approximate surface area is 135 Å². The molecule has 0 amide bonds. The Morgan fingerprint density at radius 3 is 1.71 bits per heavy atom. The fourth-order valence-corrected chi connectivity index (χ4v) is 18.1. The van der Waals surface area contributed by atoms with Crippen molar-refractivity contribution < 1.29 is 0 Å². The molecule has 1 heterocycles. The Kier molecular flexibility index (Phi) is 9.29. The number of hydrogen-bond donors (Lipinski definition) is 1. The molecule has 4 heteroatoms. The van der Waals surface area contributed by atoms with Gasteiger partial charge in [0.25, 0.3) is 0 Å². The molecule has 0 unspecified atom stereocenters. The molecule has 1 aromatic heterocycles. The summed E-state index contributed by atoms with van der Waals surface area (Å²) in [5.74, 6) is 0.889. The summed E-state index contributed by atoms with van der Waals surface area (Å²) >= 11 is -2.35. The minimum absolute atomic E-state index is 0.889. The van der Waals surface area contributed by atoms with Crippen LogP contribution in [0.15, 0.2) is 12.4 Å². The molecule has 0 atom stereocenters. The van der Waals surface area contributed by atoms with Gasteiger partial charge in [-0.25, -0.2) is 0 Å². The van der Waals surface area contributed by atoms with Crippen molar-refractivity contribution in [2.75, 3.05) is 12.4 Å². The van der Waals surface area contributed by atoms with Crippen LogP contribution in [-0.4, -0.2) is 35.4 Å². The van der Waals surface area contributed by atoms with Gasteiger partial charge in [-0.1, -0.05) is 0 Å². The number of anilines is 1. The summed E-state index contributed by atoms with van der Waals surface area (Å²) in [4.78, 5) is 9.42. The second-order valence-electron chi connectivity index (χ2n) is 6.13. The van der Waals surface area contributed by atoms with Crippen LogP contribution in [-0.2, 0) is 0 Å². The minimum atomic E-state index is -2.35. The SMILES string of the molecule is CCC[CH2][Sn]([CH2]CCC)([CH2]CCC)[c]1cnc(NC)cn1. The van der Waals surface area contributed by atoms with Crippen LogP contribution in [0.1, 0.15) is 59.3 Å². The van der Waals surface area contributed by atoms with Crippen molar-refractivity contribution in [1.82, 2.24) is 9.97 Å². The van der Waals surface area contributed by atoms with Crippen molar-refractivity contribution in [1.29, 1.82) is 0 Å². The maximum absolute atomic E-state index is 4.85. The van der Waals surface area contributed by atoms with Crippen molar-refractivity contribution in [3.8, 4) is 0 Å². The van der Waals surface area contributed by atoms with E-state index >= 15 is 0 Å². The molecule has 120 valence electrons. The maximum atomic E-state index is 4.85. The topological polar surface area (TPSA) is 37.8 Å². The van der Waals surface area contributed by atoms with Crippen molar-refractivity contribution in [3.63, 3.8) is 0 Å². The van der Waals surface area contributed by atoms with E-state index in [0.717, 1.165) is 5.82 Å². The first-order chi connectivity index (χ1) is 10.2. The second-order valence-corrected chi connectivity index (χ2v) is 19.2. The van der Waals surface area contributed by atoms with Gasteiger partial charge in [0.2, 0.25) is 0 Å². The molecule has 1 rings (SSSR count). The third kappa shape index (κ3) is 5.76. The van der Waals surface area contributed by atoms with Crippen molar-refractivity contribution in [2.24, 2.45) is 0 Å². The molecule has 0 saturated carbocycles. The Morgan fingerprint density at radius 2 is 1.38 bits per heavy atom. The van der Waals surface area contributed by atoms with E-state index in [9.17, 15) is 0 Å². The number of aromatic nitrogens is 2. The van der Waals surface area contributed by atoms with Gasteiger partial charge in [0, 0.05) is 0 Å². The fourth-order valence-electron chi connectivity index (χ4n) is 3.04. The zero-order chi connectivity index (χ0) is 15.6. The van der Waals surface area contributed by atoms with Gasteiger partial charge in [-0.2, -0.15) is 0 Å². The van der Waals surface area contributed by atoms with Crippen LogP contribution < -0.4 is 9.03 Å². The molecule has 0 aromatic carbocycles. The Hall–Kier alpha value is -0.321. The third-order valence-corrected chi connectivity index (χ3v) is 19.5. The number of nitrogens with one attached hydrogen (secondary N) is 1. The van der Waals surface area contributed by atoms with Gasteiger partial charge in [0.05, 0.1) is 0 Å². The number of rotatable bonds is 11. The van der Waals surface area contributed by atoms with E-state index in [1.54, 1.807) is 0 Å². The number of hydrogen-bond acceptors (Lipinski definition) is 3. The summed E-state index contributed by atoms with van der Waals surface area (Å²) < 4.78 is 5.79. The molecule has 0 aliphatic carbocycles. The average molecular weight is 398 g/mol. The molecular formula is C17H33N3Sn. The quantitative estimate of drug-likeness (QED) is 0.555. The number of unbranched alkanes of at least 4 members (excludes halogenated alkanes) is 3. The molecule has 0 aliphatic rings. The summed E-state index contributed by atoms with van der Waals surface area (Å²) in [7, 11) is 1.91. The van der Waals surface area contributed by atoms with E-state index in [-0.39, 0.29) is 0 Å². The van der Waals surface area contributed by atoms with Crippen molar-refractivity contribution in [2.45, 2.75) is 72.6 Å². The second kappa shape index (κ2) is 10.4. The first-order valence-electron chi connectivity index (χ1n) is 8.72. The molecule has 1 aromatic rings. The van der Waals surface area contributed by atoms with E-state index in [4.69, 9.17) is 4.98 Å². The van der Waals surface area contributed by atoms with Gasteiger partial charge in [-0.3, -0.25) is 0 Å². The van der Waals surface area contributed by atoms with Crippen molar-refractivity contribution in [3.05, 3.63) is 12.4 Å². The van der Waals surface area contributed by atoms with Gasteiger partial charge >= 0.3 is 135 Å². The summed E-state index contributed by atoms with van der Waals surface area (Å²) in [6, 6.07) is 0. The van der Waals surface area contributed by atoms with Crippen LogP contribution in [0.25, 0.3) is 0 Å². The van der Waals surface area contributed by atoms with E-state index in [0.29, 0.717) is 0 Å².